The first-order chi connectivity index (χ1) is 12.6. The van der Waals surface area contributed by atoms with Gasteiger partial charge in [-0.05, 0) is 30.5 Å². The summed E-state index contributed by atoms with van der Waals surface area (Å²) >= 11 is 0. The van der Waals surface area contributed by atoms with Gasteiger partial charge >= 0.3 is 0 Å². The lowest BCUT2D eigenvalue weighted by Gasteiger charge is -2.33. The molecule has 0 aromatic heterocycles. The standard InChI is InChI=1S/C21H25N3O2.ClH/c22-18-12-7-13-24(15-18)21(26)19(14-16-8-3-1-4-9-16)23-20(25)17-10-5-2-6-11-17;/h1-6,8-11,18-19H,7,12-15,22H2,(H,23,25);1H. The summed E-state index contributed by atoms with van der Waals surface area (Å²) < 4.78 is 0. The van der Waals surface area contributed by atoms with Crippen LogP contribution in [0.25, 0.3) is 0 Å². The van der Waals surface area contributed by atoms with Crippen LogP contribution < -0.4 is 11.1 Å². The molecule has 27 heavy (non-hydrogen) atoms. The van der Waals surface area contributed by atoms with Gasteiger partial charge < -0.3 is 16.0 Å². The normalized spacial score (nSPS) is 17.5. The SMILES string of the molecule is Cl.NC1CCCN(C(=O)C(Cc2ccccc2)NC(=O)c2ccccc2)C1. The van der Waals surface area contributed by atoms with Crippen molar-refractivity contribution in [1.29, 1.82) is 0 Å². The highest BCUT2D eigenvalue weighted by Gasteiger charge is 2.29. The van der Waals surface area contributed by atoms with Crippen LogP contribution in [0.4, 0.5) is 0 Å². The number of likely N-dealkylation sites (tertiary alicyclic amines) is 1. The van der Waals surface area contributed by atoms with E-state index in [1.807, 2.05) is 48.5 Å². The van der Waals surface area contributed by atoms with Gasteiger partial charge in [0.15, 0.2) is 0 Å². The van der Waals surface area contributed by atoms with Gasteiger partial charge in [-0.2, -0.15) is 0 Å². The van der Waals surface area contributed by atoms with Gasteiger partial charge in [-0.3, -0.25) is 9.59 Å². The molecule has 0 saturated carbocycles. The minimum atomic E-state index is -0.601. The highest BCUT2D eigenvalue weighted by molar-refractivity contribution is 5.97. The summed E-state index contributed by atoms with van der Waals surface area (Å²) in [5.74, 6) is -0.297. The molecule has 2 unspecified atom stereocenters. The second-order valence-electron chi connectivity index (χ2n) is 6.77. The third-order valence-electron chi connectivity index (χ3n) is 4.69. The molecule has 2 amide bonds. The van der Waals surface area contributed by atoms with Crippen LogP contribution in [0.15, 0.2) is 60.7 Å². The Labute approximate surface area is 166 Å². The molecule has 2 aromatic rings. The first-order valence-electron chi connectivity index (χ1n) is 9.07. The Hall–Kier alpha value is -2.37. The summed E-state index contributed by atoms with van der Waals surface area (Å²) in [4.78, 5) is 27.4. The molecule has 1 saturated heterocycles. The molecular weight excluding hydrogens is 362 g/mol. The molecule has 6 heteroatoms. The van der Waals surface area contributed by atoms with Crippen molar-refractivity contribution in [3.63, 3.8) is 0 Å². The zero-order chi connectivity index (χ0) is 18.4. The quantitative estimate of drug-likeness (QED) is 0.827. The summed E-state index contributed by atoms with van der Waals surface area (Å²) in [5, 5.41) is 2.92. The number of rotatable bonds is 5. The first-order valence-corrected chi connectivity index (χ1v) is 9.07. The van der Waals surface area contributed by atoms with E-state index in [-0.39, 0.29) is 30.3 Å². The molecule has 1 fully saturated rings. The Kier molecular flexibility index (Phi) is 7.82. The third-order valence-corrected chi connectivity index (χ3v) is 4.69. The van der Waals surface area contributed by atoms with Crippen molar-refractivity contribution in [3.8, 4) is 0 Å². The van der Waals surface area contributed by atoms with Crippen LogP contribution in [0.5, 0.6) is 0 Å². The molecule has 0 radical (unpaired) electrons. The van der Waals surface area contributed by atoms with E-state index in [1.54, 1.807) is 17.0 Å². The van der Waals surface area contributed by atoms with Crippen LogP contribution in [0.1, 0.15) is 28.8 Å². The Morgan fingerprint density at radius 2 is 1.70 bits per heavy atom. The Bertz CT molecular complexity index is 740. The van der Waals surface area contributed by atoms with E-state index in [0.29, 0.717) is 25.1 Å². The fourth-order valence-corrected chi connectivity index (χ4v) is 3.31. The predicted octanol–water partition coefficient (Wildman–Crippen LogP) is 2.40. The minimum absolute atomic E-state index is 0. The molecular formula is C21H26ClN3O2. The fraction of sp³-hybridized carbons (Fsp3) is 0.333. The maximum Gasteiger partial charge on any atom is 0.251 e. The zero-order valence-corrected chi connectivity index (χ0v) is 16.0. The molecule has 1 aliphatic heterocycles. The van der Waals surface area contributed by atoms with Gasteiger partial charge in [0.2, 0.25) is 5.91 Å². The Balaban J connectivity index is 0.00000261. The number of amides is 2. The van der Waals surface area contributed by atoms with E-state index in [0.717, 1.165) is 18.4 Å². The second-order valence-corrected chi connectivity index (χ2v) is 6.77. The summed E-state index contributed by atoms with van der Waals surface area (Å²) in [5.41, 5.74) is 7.59. The zero-order valence-electron chi connectivity index (χ0n) is 15.2. The Morgan fingerprint density at radius 3 is 2.33 bits per heavy atom. The predicted molar refractivity (Wildman–Crippen MR) is 109 cm³/mol. The van der Waals surface area contributed by atoms with Gasteiger partial charge in [-0.25, -0.2) is 0 Å². The average molecular weight is 388 g/mol. The fourth-order valence-electron chi connectivity index (χ4n) is 3.31. The second kappa shape index (κ2) is 10.1. The van der Waals surface area contributed by atoms with Crippen LogP contribution in [0.3, 0.4) is 0 Å². The average Bonchev–Trinajstić information content (AvgIpc) is 2.68. The lowest BCUT2D eigenvalue weighted by molar-refractivity contribution is -0.134. The summed E-state index contributed by atoms with van der Waals surface area (Å²) in [6.45, 7) is 1.24. The number of carbonyl (C=O) groups is 2. The molecule has 5 nitrogen and oxygen atoms in total. The van der Waals surface area contributed by atoms with E-state index in [1.165, 1.54) is 0 Å². The van der Waals surface area contributed by atoms with Gasteiger partial charge in [-0.1, -0.05) is 48.5 Å². The molecule has 144 valence electrons. The van der Waals surface area contributed by atoms with Crippen molar-refractivity contribution in [3.05, 3.63) is 71.8 Å². The van der Waals surface area contributed by atoms with Crippen LogP contribution in [-0.4, -0.2) is 41.9 Å². The molecule has 2 atom stereocenters. The van der Waals surface area contributed by atoms with Crippen LogP contribution in [0.2, 0.25) is 0 Å². The number of hydrogen-bond donors (Lipinski definition) is 2. The highest BCUT2D eigenvalue weighted by atomic mass is 35.5. The maximum absolute atomic E-state index is 13.1. The number of halogens is 1. The van der Waals surface area contributed by atoms with E-state index >= 15 is 0 Å². The van der Waals surface area contributed by atoms with Gasteiger partial charge in [0.05, 0.1) is 0 Å². The van der Waals surface area contributed by atoms with Crippen LogP contribution in [0, 0.1) is 0 Å². The molecule has 0 aliphatic carbocycles. The van der Waals surface area contributed by atoms with Gasteiger partial charge in [-0.15, -0.1) is 12.4 Å². The largest absolute Gasteiger partial charge is 0.340 e. The first kappa shape index (κ1) is 20.9. The minimum Gasteiger partial charge on any atom is -0.340 e. The van der Waals surface area contributed by atoms with Crippen molar-refractivity contribution >= 4 is 24.2 Å². The number of nitrogens with one attached hydrogen (secondary N) is 1. The number of hydrogen-bond acceptors (Lipinski definition) is 3. The Morgan fingerprint density at radius 1 is 1.07 bits per heavy atom. The number of nitrogens with two attached hydrogens (primary N) is 1. The number of nitrogens with zero attached hydrogens (tertiary/aromatic N) is 1. The number of benzene rings is 2. The summed E-state index contributed by atoms with van der Waals surface area (Å²) in [7, 11) is 0. The van der Waals surface area contributed by atoms with Crippen LogP contribution in [-0.2, 0) is 11.2 Å². The van der Waals surface area contributed by atoms with E-state index in [2.05, 4.69) is 5.32 Å². The summed E-state index contributed by atoms with van der Waals surface area (Å²) in [6.07, 6.45) is 2.30. The number of piperidine rings is 1. The topological polar surface area (TPSA) is 75.4 Å². The van der Waals surface area contributed by atoms with Crippen molar-refractivity contribution in [2.24, 2.45) is 5.73 Å². The molecule has 3 rings (SSSR count). The number of carbonyl (C=O) groups excluding carboxylic acids is 2. The van der Waals surface area contributed by atoms with Crippen molar-refractivity contribution in [1.82, 2.24) is 10.2 Å². The molecule has 2 aromatic carbocycles. The van der Waals surface area contributed by atoms with Crippen molar-refractivity contribution in [2.75, 3.05) is 13.1 Å². The highest BCUT2D eigenvalue weighted by Crippen LogP contribution is 2.13. The molecule has 1 heterocycles. The van der Waals surface area contributed by atoms with E-state index < -0.39 is 6.04 Å². The monoisotopic (exact) mass is 387 g/mol. The van der Waals surface area contributed by atoms with Gasteiger partial charge in [0.1, 0.15) is 6.04 Å². The molecule has 1 aliphatic rings. The lowest BCUT2D eigenvalue weighted by atomic mass is 10.0. The summed E-state index contributed by atoms with van der Waals surface area (Å²) in [6, 6.07) is 18.1. The van der Waals surface area contributed by atoms with Crippen molar-refractivity contribution < 1.29 is 9.59 Å². The maximum atomic E-state index is 13.1. The molecule has 0 spiro atoms. The molecule has 0 bridgehead atoms. The molecule has 3 N–H and O–H groups in total. The van der Waals surface area contributed by atoms with Crippen molar-refractivity contribution in [2.45, 2.75) is 31.3 Å². The van der Waals surface area contributed by atoms with E-state index in [9.17, 15) is 9.59 Å². The smallest absolute Gasteiger partial charge is 0.251 e. The van der Waals surface area contributed by atoms with Crippen LogP contribution >= 0.6 is 12.4 Å². The lowest BCUT2D eigenvalue weighted by Crippen LogP contribution is -2.54. The van der Waals surface area contributed by atoms with Gasteiger partial charge in [0.25, 0.3) is 5.91 Å². The third kappa shape index (κ3) is 5.81. The van der Waals surface area contributed by atoms with E-state index in [4.69, 9.17) is 5.73 Å². The van der Waals surface area contributed by atoms with Gasteiger partial charge in [0, 0.05) is 31.1 Å².